The molecule has 1 aliphatic rings. The molecule has 0 saturated heterocycles. The fourth-order valence-corrected chi connectivity index (χ4v) is 5.71. The number of aromatic nitrogens is 1. The first kappa shape index (κ1) is 26.1. The smallest absolute Gasteiger partial charge is 0.247 e. The summed E-state index contributed by atoms with van der Waals surface area (Å²) in [5.41, 5.74) is 1.67. The summed E-state index contributed by atoms with van der Waals surface area (Å²) in [5.74, 6) is 5.61. The van der Waals surface area contributed by atoms with Crippen LogP contribution in [0.5, 0.6) is 5.75 Å². The molecular formula is C25H33N3O5S. The van der Waals surface area contributed by atoms with Crippen molar-refractivity contribution in [1.82, 2.24) is 14.2 Å². The molecule has 2 N–H and O–H groups in total. The first-order chi connectivity index (χ1) is 16.1. The lowest BCUT2D eigenvalue weighted by Gasteiger charge is -2.37. The summed E-state index contributed by atoms with van der Waals surface area (Å²) in [7, 11) is -1.91. The summed E-state index contributed by atoms with van der Waals surface area (Å²) in [4.78, 5) is 6.23. The molecule has 3 rings (SSSR count). The van der Waals surface area contributed by atoms with Crippen molar-refractivity contribution in [3.8, 4) is 17.6 Å². The number of hydrogen-bond donors (Lipinski definition) is 2. The van der Waals surface area contributed by atoms with Crippen LogP contribution in [0.4, 0.5) is 0 Å². The van der Waals surface area contributed by atoms with E-state index in [1.807, 2.05) is 26.1 Å². The molecule has 1 aromatic carbocycles. The average molecular weight is 488 g/mol. The fourth-order valence-electron chi connectivity index (χ4n) is 3.88. The number of pyridine rings is 1. The Kier molecular flexibility index (Phi) is 8.68. The number of fused-ring (bicyclic) bond motifs is 1. The van der Waals surface area contributed by atoms with Crippen molar-refractivity contribution in [1.29, 1.82) is 0 Å². The number of likely N-dealkylation sites (N-methyl/N-ethyl adjacent to an activating group) is 1. The number of rotatable bonds is 6. The van der Waals surface area contributed by atoms with Crippen molar-refractivity contribution in [2.45, 2.75) is 50.5 Å². The third-order valence-electron chi connectivity index (χ3n) is 5.79. The van der Waals surface area contributed by atoms with Crippen LogP contribution in [0.15, 0.2) is 47.6 Å². The Labute approximate surface area is 202 Å². The van der Waals surface area contributed by atoms with Gasteiger partial charge in [-0.1, -0.05) is 18.8 Å². The van der Waals surface area contributed by atoms with E-state index in [-0.39, 0.29) is 35.8 Å². The highest BCUT2D eigenvalue weighted by Crippen LogP contribution is 2.34. The van der Waals surface area contributed by atoms with Gasteiger partial charge in [0.1, 0.15) is 22.9 Å². The molecule has 9 heteroatoms. The molecule has 0 fully saturated rings. The van der Waals surface area contributed by atoms with Crippen LogP contribution in [0.2, 0.25) is 0 Å². The highest BCUT2D eigenvalue weighted by atomic mass is 32.2. The lowest BCUT2D eigenvalue weighted by atomic mass is 10.0. The standard InChI is InChI=1S/C25H33N3O5S/c1-18-14-28(19(2)17-29)34(31,32)25-8-7-21(6-5-20(3)30)13-23(25)33-24(18)16-27(4)15-22-9-11-26-12-10-22/h7-13,18-20,24,29-30H,14-17H2,1-4H3/t18-,19-,20+,24+/m0/s1. The first-order valence-corrected chi connectivity index (χ1v) is 12.8. The highest BCUT2D eigenvalue weighted by Gasteiger charge is 2.38. The van der Waals surface area contributed by atoms with E-state index in [0.717, 1.165) is 5.56 Å². The number of nitrogens with zero attached hydrogens (tertiary/aromatic N) is 3. The van der Waals surface area contributed by atoms with Crippen molar-refractivity contribution >= 4 is 10.0 Å². The number of aliphatic hydroxyl groups excluding tert-OH is 2. The predicted octanol–water partition coefficient (Wildman–Crippen LogP) is 1.71. The van der Waals surface area contributed by atoms with Crippen molar-refractivity contribution in [3.05, 3.63) is 53.9 Å². The quantitative estimate of drug-likeness (QED) is 0.598. The first-order valence-electron chi connectivity index (χ1n) is 11.3. The molecule has 0 saturated carbocycles. The van der Waals surface area contributed by atoms with Gasteiger partial charge < -0.3 is 14.9 Å². The van der Waals surface area contributed by atoms with Crippen molar-refractivity contribution < 1.29 is 23.4 Å². The lowest BCUT2D eigenvalue weighted by Crippen LogP contribution is -2.49. The second-order valence-corrected chi connectivity index (χ2v) is 10.8. The molecule has 184 valence electrons. The Morgan fingerprint density at radius 1 is 1.26 bits per heavy atom. The molecule has 0 aliphatic carbocycles. The average Bonchev–Trinajstić information content (AvgIpc) is 2.80. The summed E-state index contributed by atoms with van der Waals surface area (Å²) in [6.07, 6.45) is 2.39. The summed E-state index contributed by atoms with van der Waals surface area (Å²) >= 11 is 0. The SMILES string of the molecule is C[C@@H](O)C#Cc1ccc2c(c1)O[C@H](CN(C)Cc1ccncc1)[C@@H](C)CN([C@@H](C)CO)S2(=O)=O. The molecular weight excluding hydrogens is 454 g/mol. The van der Waals surface area contributed by atoms with Crippen LogP contribution in [0.25, 0.3) is 0 Å². The summed E-state index contributed by atoms with van der Waals surface area (Å²) in [5, 5.41) is 19.3. The van der Waals surface area contributed by atoms with Crippen molar-refractivity contribution in [3.63, 3.8) is 0 Å². The molecule has 0 amide bonds. The lowest BCUT2D eigenvalue weighted by molar-refractivity contribution is 0.0733. The van der Waals surface area contributed by atoms with Crippen LogP contribution < -0.4 is 4.74 Å². The maximum Gasteiger partial charge on any atom is 0.247 e. The van der Waals surface area contributed by atoms with Gasteiger partial charge in [-0.25, -0.2) is 8.42 Å². The van der Waals surface area contributed by atoms with Gasteiger partial charge in [0.15, 0.2) is 0 Å². The maximum absolute atomic E-state index is 13.5. The molecule has 4 atom stereocenters. The van der Waals surface area contributed by atoms with Crippen LogP contribution in [0.3, 0.4) is 0 Å². The maximum atomic E-state index is 13.5. The zero-order chi connectivity index (χ0) is 24.9. The summed E-state index contributed by atoms with van der Waals surface area (Å²) in [6, 6.07) is 8.03. The van der Waals surface area contributed by atoms with Gasteiger partial charge in [0.05, 0.1) is 6.61 Å². The molecule has 0 bridgehead atoms. The second kappa shape index (κ2) is 11.3. The molecule has 34 heavy (non-hydrogen) atoms. The monoisotopic (exact) mass is 487 g/mol. The molecule has 2 aromatic rings. The molecule has 1 aliphatic heterocycles. The van der Waals surface area contributed by atoms with Crippen LogP contribution in [0, 0.1) is 17.8 Å². The minimum atomic E-state index is -3.91. The van der Waals surface area contributed by atoms with E-state index >= 15 is 0 Å². The van der Waals surface area contributed by atoms with Crippen LogP contribution in [0.1, 0.15) is 31.9 Å². The minimum Gasteiger partial charge on any atom is -0.487 e. The van der Waals surface area contributed by atoms with E-state index in [4.69, 9.17) is 4.74 Å². The summed E-state index contributed by atoms with van der Waals surface area (Å²) in [6.45, 7) is 6.41. The fraction of sp³-hybridized carbons (Fsp3) is 0.480. The van der Waals surface area contributed by atoms with Crippen LogP contribution >= 0.6 is 0 Å². The Bertz CT molecular complexity index is 1130. The van der Waals surface area contributed by atoms with E-state index in [1.165, 1.54) is 10.4 Å². The van der Waals surface area contributed by atoms with Crippen LogP contribution in [-0.4, -0.2) is 77.8 Å². The normalized spacial score (nSPS) is 21.9. The topological polar surface area (TPSA) is 103 Å². The third-order valence-corrected chi connectivity index (χ3v) is 7.81. The number of hydrogen-bond acceptors (Lipinski definition) is 7. The number of aliphatic hydroxyl groups is 2. The Morgan fingerprint density at radius 2 is 1.97 bits per heavy atom. The van der Waals surface area contributed by atoms with E-state index in [1.54, 1.807) is 38.4 Å². The molecule has 8 nitrogen and oxygen atoms in total. The van der Waals surface area contributed by atoms with Gasteiger partial charge in [0, 0.05) is 49.6 Å². The Hall–Kier alpha value is -2.48. The number of sulfonamides is 1. The zero-order valence-electron chi connectivity index (χ0n) is 20.0. The van der Waals surface area contributed by atoms with Gasteiger partial charge >= 0.3 is 0 Å². The predicted molar refractivity (Wildman–Crippen MR) is 130 cm³/mol. The van der Waals surface area contributed by atoms with Crippen molar-refractivity contribution in [2.75, 3.05) is 26.7 Å². The minimum absolute atomic E-state index is 0.0454. The van der Waals surface area contributed by atoms with Gasteiger partial charge in [-0.15, -0.1) is 0 Å². The number of benzene rings is 1. The largest absolute Gasteiger partial charge is 0.487 e. The Morgan fingerprint density at radius 3 is 2.62 bits per heavy atom. The highest BCUT2D eigenvalue weighted by molar-refractivity contribution is 7.89. The van der Waals surface area contributed by atoms with Gasteiger partial charge in [0.25, 0.3) is 0 Å². The van der Waals surface area contributed by atoms with Gasteiger partial charge in [0.2, 0.25) is 10.0 Å². The van der Waals surface area contributed by atoms with Gasteiger partial charge in [-0.2, -0.15) is 4.31 Å². The molecule has 0 spiro atoms. The second-order valence-electron chi connectivity index (χ2n) is 8.90. The number of ether oxygens (including phenoxy) is 1. The molecule has 2 heterocycles. The third kappa shape index (κ3) is 6.34. The van der Waals surface area contributed by atoms with E-state index in [9.17, 15) is 18.6 Å². The van der Waals surface area contributed by atoms with Crippen molar-refractivity contribution in [2.24, 2.45) is 5.92 Å². The summed E-state index contributed by atoms with van der Waals surface area (Å²) < 4.78 is 34.7. The Balaban J connectivity index is 1.99. The molecule has 1 aromatic heterocycles. The van der Waals surface area contributed by atoms with Crippen LogP contribution in [-0.2, 0) is 16.6 Å². The van der Waals surface area contributed by atoms with E-state index in [2.05, 4.69) is 21.7 Å². The van der Waals surface area contributed by atoms with E-state index < -0.39 is 22.2 Å². The van der Waals surface area contributed by atoms with Gasteiger partial charge in [-0.05, 0) is 56.8 Å². The zero-order valence-corrected chi connectivity index (χ0v) is 20.9. The molecule has 0 radical (unpaired) electrons. The molecule has 0 unspecified atom stereocenters. The van der Waals surface area contributed by atoms with Gasteiger partial charge in [-0.3, -0.25) is 9.88 Å². The van der Waals surface area contributed by atoms with E-state index in [0.29, 0.717) is 18.7 Å².